The number of carbonyl (C=O) groups is 2. The SMILES string of the molecule is CCCCCCCCOCCN(CCOCCCCCCCC)C(=O)COCC(=O)N(CCOCCCCCCCC)CCOCCCCCCCC. The Balaban J connectivity index is 4.79. The Bertz CT molecular complexity index is 653. The predicted molar refractivity (Wildman–Crippen MR) is 221 cm³/mol. The molecule has 0 bridgehead atoms. The lowest BCUT2D eigenvalue weighted by Gasteiger charge is -2.24. The van der Waals surface area contributed by atoms with Crippen LogP contribution in [0.15, 0.2) is 0 Å². The molecule has 0 aromatic heterocycles. The molecule has 0 unspecified atom stereocenters. The molecule has 0 aliphatic carbocycles. The molecule has 0 radical (unpaired) electrons. The topological polar surface area (TPSA) is 86.8 Å². The molecule has 53 heavy (non-hydrogen) atoms. The van der Waals surface area contributed by atoms with Crippen molar-refractivity contribution in [1.29, 1.82) is 0 Å². The van der Waals surface area contributed by atoms with E-state index in [1.54, 1.807) is 9.80 Å². The molecular weight excluding hydrogens is 668 g/mol. The molecule has 0 aromatic rings. The van der Waals surface area contributed by atoms with Crippen molar-refractivity contribution < 1.29 is 33.3 Å². The van der Waals surface area contributed by atoms with Crippen molar-refractivity contribution in [3.63, 3.8) is 0 Å². The molecule has 0 saturated heterocycles. The number of unbranched alkanes of at least 4 members (excludes halogenated alkanes) is 20. The zero-order valence-corrected chi connectivity index (χ0v) is 35.6. The Morgan fingerprint density at radius 3 is 0.774 bits per heavy atom. The maximum Gasteiger partial charge on any atom is 0.248 e. The molecule has 9 heteroatoms. The summed E-state index contributed by atoms with van der Waals surface area (Å²) in [5.41, 5.74) is 0. The molecule has 0 rings (SSSR count). The summed E-state index contributed by atoms with van der Waals surface area (Å²) < 4.78 is 29.3. The van der Waals surface area contributed by atoms with Crippen molar-refractivity contribution >= 4 is 11.8 Å². The Morgan fingerprint density at radius 2 is 0.528 bits per heavy atom. The van der Waals surface area contributed by atoms with Crippen LogP contribution >= 0.6 is 0 Å². The summed E-state index contributed by atoms with van der Waals surface area (Å²) in [7, 11) is 0. The van der Waals surface area contributed by atoms with E-state index in [2.05, 4.69) is 27.7 Å². The third-order valence-electron chi connectivity index (χ3n) is 9.75. The van der Waals surface area contributed by atoms with Gasteiger partial charge >= 0.3 is 0 Å². The molecular formula is C44H88N2O7. The van der Waals surface area contributed by atoms with Crippen LogP contribution in [-0.2, 0) is 33.3 Å². The summed E-state index contributed by atoms with van der Waals surface area (Å²) in [5, 5.41) is 0. The minimum Gasteiger partial charge on any atom is -0.380 e. The third-order valence-corrected chi connectivity index (χ3v) is 9.75. The molecule has 0 heterocycles. The van der Waals surface area contributed by atoms with Crippen molar-refractivity contribution in [3.05, 3.63) is 0 Å². The fraction of sp³-hybridized carbons (Fsp3) is 0.955. The summed E-state index contributed by atoms with van der Waals surface area (Å²) in [6.07, 6.45) is 29.3. The maximum atomic E-state index is 13.3. The minimum absolute atomic E-state index is 0.139. The first-order valence-corrected chi connectivity index (χ1v) is 22.5. The van der Waals surface area contributed by atoms with E-state index in [9.17, 15) is 9.59 Å². The van der Waals surface area contributed by atoms with Crippen LogP contribution in [0.25, 0.3) is 0 Å². The van der Waals surface area contributed by atoms with Gasteiger partial charge < -0.3 is 33.5 Å². The van der Waals surface area contributed by atoms with E-state index < -0.39 is 0 Å². The number of ether oxygens (including phenoxy) is 5. The van der Waals surface area contributed by atoms with Crippen molar-refractivity contribution in [2.45, 2.75) is 182 Å². The van der Waals surface area contributed by atoms with Crippen LogP contribution in [-0.4, -0.2) is 114 Å². The zero-order chi connectivity index (χ0) is 38.7. The van der Waals surface area contributed by atoms with Crippen LogP contribution in [0.3, 0.4) is 0 Å². The van der Waals surface area contributed by atoms with E-state index in [1.807, 2.05) is 0 Å². The summed E-state index contributed by atoms with van der Waals surface area (Å²) in [4.78, 5) is 30.0. The first-order chi connectivity index (χ1) is 26.1. The Labute approximate surface area is 328 Å². The van der Waals surface area contributed by atoms with Gasteiger partial charge in [-0.1, -0.05) is 156 Å². The van der Waals surface area contributed by atoms with Gasteiger partial charge in [0, 0.05) is 52.6 Å². The lowest BCUT2D eigenvalue weighted by molar-refractivity contribution is -0.143. The number of hydrogen-bond donors (Lipinski definition) is 0. The lowest BCUT2D eigenvalue weighted by atomic mass is 10.1. The third kappa shape index (κ3) is 37.4. The van der Waals surface area contributed by atoms with Gasteiger partial charge in [0.15, 0.2) is 0 Å². The summed E-state index contributed by atoms with van der Waals surface area (Å²) >= 11 is 0. The maximum absolute atomic E-state index is 13.3. The van der Waals surface area contributed by atoms with Gasteiger partial charge in [0.2, 0.25) is 11.8 Å². The standard InChI is InChI=1S/C44H88N2O7/c1-5-9-13-17-21-25-33-49-37-29-45(30-38-50-34-26-22-18-14-10-6-2)43(47)41-53-42-44(48)46(31-39-51-35-27-23-19-15-11-7-3)32-40-52-36-28-24-20-16-12-8-4/h5-42H2,1-4H3. The fourth-order valence-electron chi connectivity index (χ4n) is 6.18. The second-order valence-corrected chi connectivity index (χ2v) is 14.8. The van der Waals surface area contributed by atoms with E-state index >= 15 is 0 Å². The van der Waals surface area contributed by atoms with E-state index in [1.165, 1.54) is 128 Å². The highest BCUT2D eigenvalue weighted by molar-refractivity contribution is 5.79. The van der Waals surface area contributed by atoms with Crippen LogP contribution in [0.5, 0.6) is 0 Å². The smallest absolute Gasteiger partial charge is 0.248 e. The number of rotatable bonds is 44. The summed E-state index contributed by atoms with van der Waals surface area (Å²) in [6.45, 7) is 15.4. The van der Waals surface area contributed by atoms with Crippen molar-refractivity contribution in [2.75, 3.05) is 92.2 Å². The largest absolute Gasteiger partial charge is 0.380 e. The number of carbonyl (C=O) groups excluding carboxylic acids is 2. The zero-order valence-electron chi connectivity index (χ0n) is 35.6. The fourth-order valence-corrected chi connectivity index (χ4v) is 6.18. The van der Waals surface area contributed by atoms with Crippen molar-refractivity contribution in [1.82, 2.24) is 9.80 Å². The molecule has 0 aliphatic heterocycles. The van der Waals surface area contributed by atoms with E-state index in [-0.39, 0.29) is 25.0 Å². The van der Waals surface area contributed by atoms with Gasteiger partial charge in [-0.15, -0.1) is 0 Å². The van der Waals surface area contributed by atoms with Crippen LogP contribution in [0.2, 0.25) is 0 Å². The van der Waals surface area contributed by atoms with Crippen molar-refractivity contribution in [2.24, 2.45) is 0 Å². The van der Waals surface area contributed by atoms with Gasteiger partial charge in [-0.25, -0.2) is 0 Å². The van der Waals surface area contributed by atoms with Gasteiger partial charge in [0.05, 0.1) is 26.4 Å². The van der Waals surface area contributed by atoms with Gasteiger partial charge in [-0.3, -0.25) is 9.59 Å². The quantitative estimate of drug-likeness (QED) is 0.0572. The van der Waals surface area contributed by atoms with Crippen LogP contribution in [0.4, 0.5) is 0 Å². The average Bonchev–Trinajstić information content (AvgIpc) is 3.16. The molecule has 0 spiro atoms. The average molecular weight is 757 g/mol. The van der Waals surface area contributed by atoms with Gasteiger partial charge in [0.1, 0.15) is 13.2 Å². The van der Waals surface area contributed by atoms with Crippen molar-refractivity contribution in [3.8, 4) is 0 Å². The Kier molecular flexibility index (Phi) is 42.4. The minimum atomic E-state index is -0.141. The molecule has 0 aromatic carbocycles. The highest BCUT2D eigenvalue weighted by Gasteiger charge is 2.17. The predicted octanol–water partition coefficient (Wildman–Crippen LogP) is 10.2. The van der Waals surface area contributed by atoms with Gasteiger partial charge in [-0.2, -0.15) is 0 Å². The van der Waals surface area contributed by atoms with E-state index in [0.29, 0.717) is 52.6 Å². The lowest BCUT2D eigenvalue weighted by Crippen LogP contribution is -2.41. The second kappa shape index (κ2) is 43.5. The molecule has 0 N–H and O–H groups in total. The number of amides is 2. The monoisotopic (exact) mass is 757 g/mol. The highest BCUT2D eigenvalue weighted by Crippen LogP contribution is 2.08. The summed E-state index contributed by atoms with van der Waals surface area (Å²) in [5.74, 6) is -0.277. The van der Waals surface area contributed by atoms with Crippen LogP contribution in [0.1, 0.15) is 182 Å². The summed E-state index contributed by atoms with van der Waals surface area (Å²) in [6, 6.07) is 0. The number of nitrogens with zero attached hydrogens (tertiary/aromatic N) is 2. The molecule has 2 amide bonds. The molecule has 0 aliphatic rings. The Morgan fingerprint density at radius 1 is 0.302 bits per heavy atom. The normalized spacial score (nSPS) is 11.4. The number of hydrogen-bond acceptors (Lipinski definition) is 7. The molecule has 0 saturated carbocycles. The van der Waals surface area contributed by atoms with E-state index in [0.717, 1.165) is 52.1 Å². The first-order valence-electron chi connectivity index (χ1n) is 22.5. The second-order valence-electron chi connectivity index (χ2n) is 14.8. The van der Waals surface area contributed by atoms with Gasteiger partial charge in [0.25, 0.3) is 0 Å². The van der Waals surface area contributed by atoms with Crippen LogP contribution in [0, 0.1) is 0 Å². The Hall–Kier alpha value is -1.26. The van der Waals surface area contributed by atoms with E-state index in [4.69, 9.17) is 23.7 Å². The molecule has 9 nitrogen and oxygen atoms in total. The highest BCUT2D eigenvalue weighted by atomic mass is 16.5. The van der Waals surface area contributed by atoms with Crippen LogP contribution < -0.4 is 0 Å². The molecule has 0 atom stereocenters. The van der Waals surface area contributed by atoms with Gasteiger partial charge in [-0.05, 0) is 25.7 Å². The molecule has 0 fully saturated rings. The first kappa shape index (κ1) is 51.7. The molecule has 316 valence electrons.